The number of benzene rings is 2. The number of hydrogen-bond acceptors (Lipinski definition) is 2. The van der Waals surface area contributed by atoms with Crippen molar-refractivity contribution in [1.29, 1.82) is 0 Å². The van der Waals surface area contributed by atoms with Gasteiger partial charge in [-0.3, -0.25) is 4.57 Å². The van der Waals surface area contributed by atoms with Crippen LogP contribution < -0.4 is 15.6 Å². The Morgan fingerprint density at radius 2 is 1.84 bits per heavy atom. The Kier molecular flexibility index (Phi) is 6.18. The van der Waals surface area contributed by atoms with Crippen LogP contribution in [0.15, 0.2) is 65.7 Å². The monoisotopic (exact) mass is 521 g/mol. The van der Waals surface area contributed by atoms with Crippen molar-refractivity contribution >= 4 is 11.7 Å². The Morgan fingerprint density at radius 1 is 1.13 bits per heavy atom. The second kappa shape index (κ2) is 9.37. The third-order valence-corrected chi connectivity index (χ3v) is 6.82. The lowest BCUT2D eigenvalue weighted by atomic mass is 9.93. The third-order valence-electron chi connectivity index (χ3n) is 6.82. The highest BCUT2D eigenvalue weighted by Crippen LogP contribution is 2.32. The van der Waals surface area contributed by atoms with Crippen molar-refractivity contribution < 1.29 is 22.5 Å². The zero-order valence-electron chi connectivity index (χ0n) is 20.7. The van der Waals surface area contributed by atoms with Gasteiger partial charge in [-0.2, -0.15) is 17.7 Å². The van der Waals surface area contributed by atoms with Crippen LogP contribution in [-0.2, 0) is 13.2 Å². The van der Waals surface area contributed by atoms with E-state index in [1.807, 2.05) is 0 Å². The summed E-state index contributed by atoms with van der Waals surface area (Å²) in [7, 11) is 1.75. The lowest BCUT2D eigenvalue weighted by Gasteiger charge is -2.26. The van der Waals surface area contributed by atoms with Gasteiger partial charge in [0.1, 0.15) is 18.1 Å². The molecule has 1 aliphatic carbocycles. The Hall–Kier alpha value is -4.59. The first-order valence-corrected chi connectivity index (χ1v) is 12.0. The van der Waals surface area contributed by atoms with E-state index in [9.17, 15) is 22.8 Å². The number of nitrogens with one attached hydrogen (secondary N) is 1. The number of nitrogens with zero attached hydrogens (tertiary/aromatic N) is 5. The molecule has 0 unspecified atom stereocenters. The second-order valence-electron chi connectivity index (χ2n) is 9.24. The number of aromatic nitrogens is 4. The first kappa shape index (κ1) is 25.1. The fourth-order valence-electron chi connectivity index (χ4n) is 4.63. The molecule has 1 N–H and O–H groups in total. The normalized spacial score (nSPS) is 13.7. The maximum atomic E-state index is 13.8. The molecule has 0 aliphatic heterocycles. The van der Waals surface area contributed by atoms with Crippen molar-refractivity contribution in [2.24, 2.45) is 7.05 Å². The van der Waals surface area contributed by atoms with Crippen molar-refractivity contribution in [2.45, 2.75) is 38.4 Å². The minimum Gasteiger partial charge on any atom is -0.335 e. The van der Waals surface area contributed by atoms with Crippen LogP contribution in [0.5, 0.6) is 0 Å². The van der Waals surface area contributed by atoms with Crippen LogP contribution in [-0.4, -0.2) is 25.8 Å². The minimum absolute atomic E-state index is 0.000869. The van der Waals surface area contributed by atoms with E-state index in [-0.39, 0.29) is 17.4 Å². The summed E-state index contributed by atoms with van der Waals surface area (Å²) in [5, 5.41) is 2.88. The van der Waals surface area contributed by atoms with Gasteiger partial charge in [-0.05, 0) is 56.5 Å². The number of aryl methyl sites for hydroxylation is 1. The average molecular weight is 522 g/mol. The molecule has 11 heteroatoms. The highest BCUT2D eigenvalue weighted by molar-refractivity contribution is 5.82. The van der Waals surface area contributed by atoms with Crippen molar-refractivity contribution in [1.82, 2.24) is 19.0 Å². The van der Waals surface area contributed by atoms with E-state index in [2.05, 4.69) is 10.2 Å². The Labute approximate surface area is 216 Å². The molecule has 8 nitrogen and oxygen atoms in total. The fraction of sp³-hybridized carbons (Fsp3) is 0.259. The molecular formula is C27H24F3N6O2+. The molecule has 2 heterocycles. The zero-order chi connectivity index (χ0) is 27.2. The van der Waals surface area contributed by atoms with Gasteiger partial charge >= 0.3 is 23.7 Å². The van der Waals surface area contributed by atoms with Crippen LogP contribution in [0.2, 0.25) is 0 Å². The molecule has 38 heavy (non-hydrogen) atoms. The van der Waals surface area contributed by atoms with Crippen molar-refractivity contribution in [3.63, 3.8) is 0 Å². The van der Waals surface area contributed by atoms with Crippen molar-refractivity contribution in [3.05, 3.63) is 94.1 Å². The molecule has 1 fully saturated rings. The highest BCUT2D eigenvalue weighted by atomic mass is 19.4. The standard InChI is InChI=1S/C27H23F3N6O2/c1-17-23(24-33(3)14-15-34(24)21-12-10-19(31-2)11-13-21)36(25(37)32-20-7-5-8-20)26(38)35(17)22-9-4-6-18(16-22)27(28,29)30/h4,6,9-16,20H,5,7-8H2,1,3H3/p+1. The minimum atomic E-state index is -4.60. The molecule has 1 amide bonds. The molecular weight excluding hydrogens is 497 g/mol. The summed E-state index contributed by atoms with van der Waals surface area (Å²) in [6, 6.07) is 10.6. The quantitative estimate of drug-likeness (QED) is 0.306. The summed E-state index contributed by atoms with van der Waals surface area (Å²) in [5.74, 6) is 0.463. The van der Waals surface area contributed by atoms with E-state index >= 15 is 0 Å². The maximum Gasteiger partial charge on any atom is 0.416 e. The molecule has 0 spiro atoms. The summed E-state index contributed by atoms with van der Waals surface area (Å²) in [6.45, 7) is 8.80. The van der Waals surface area contributed by atoms with E-state index in [1.54, 1.807) is 59.8 Å². The number of carbonyl (C=O) groups excluding carboxylic acids is 1. The summed E-state index contributed by atoms with van der Waals surface area (Å²) >= 11 is 0. The van der Waals surface area contributed by atoms with Crippen molar-refractivity contribution in [2.75, 3.05) is 0 Å². The molecule has 4 aromatic rings. The van der Waals surface area contributed by atoms with E-state index < -0.39 is 23.5 Å². The van der Waals surface area contributed by atoms with Crippen LogP contribution in [0.4, 0.5) is 23.7 Å². The molecule has 2 aromatic carbocycles. The Morgan fingerprint density at radius 3 is 2.45 bits per heavy atom. The number of hydrogen-bond donors (Lipinski definition) is 1. The van der Waals surface area contributed by atoms with Gasteiger partial charge in [0, 0.05) is 6.04 Å². The molecule has 2 aromatic heterocycles. The number of imidazole rings is 2. The van der Waals surface area contributed by atoms with E-state index in [0.29, 0.717) is 22.9 Å². The summed E-state index contributed by atoms with van der Waals surface area (Å²) in [6.07, 6.45) is 1.45. The third kappa shape index (κ3) is 4.28. The highest BCUT2D eigenvalue weighted by Gasteiger charge is 2.35. The molecule has 0 saturated heterocycles. The number of halogens is 3. The largest absolute Gasteiger partial charge is 0.416 e. The SMILES string of the molecule is [C-]#[N+]c1ccc(-n2cc[n+](C)c2-c2c(C)n(-c3cccc(C(F)(F)F)c3)c(=O)n2C(=O)NC2CCC2)cc1. The van der Waals surface area contributed by atoms with E-state index in [1.165, 1.54) is 12.1 Å². The smallest absolute Gasteiger partial charge is 0.335 e. The molecule has 0 atom stereocenters. The van der Waals surface area contributed by atoms with Crippen LogP contribution in [0.1, 0.15) is 30.5 Å². The van der Waals surface area contributed by atoms with Gasteiger partial charge < -0.3 is 5.32 Å². The number of alkyl halides is 3. The van der Waals surface area contributed by atoms with Gasteiger partial charge in [-0.25, -0.2) is 23.6 Å². The Bertz CT molecular complexity index is 1630. The van der Waals surface area contributed by atoms with E-state index in [0.717, 1.165) is 40.5 Å². The first-order valence-electron chi connectivity index (χ1n) is 12.0. The second-order valence-corrected chi connectivity index (χ2v) is 9.24. The average Bonchev–Trinajstić information content (AvgIpc) is 3.36. The van der Waals surface area contributed by atoms with Crippen LogP contribution in [0, 0.1) is 13.5 Å². The lowest BCUT2D eigenvalue weighted by Crippen LogP contribution is -2.45. The van der Waals surface area contributed by atoms with Crippen LogP contribution in [0.3, 0.4) is 0 Å². The number of amides is 1. The van der Waals surface area contributed by atoms with Crippen molar-refractivity contribution in [3.8, 4) is 22.9 Å². The van der Waals surface area contributed by atoms with Crippen LogP contribution >= 0.6 is 0 Å². The summed E-state index contributed by atoms with van der Waals surface area (Å²) in [4.78, 5) is 30.6. The molecule has 1 aliphatic rings. The summed E-state index contributed by atoms with van der Waals surface area (Å²) < 4.78 is 46.0. The molecule has 0 radical (unpaired) electrons. The summed E-state index contributed by atoms with van der Waals surface area (Å²) in [5.41, 5.74) is -0.000411. The maximum absolute atomic E-state index is 13.8. The molecule has 5 rings (SSSR count). The predicted molar refractivity (Wildman–Crippen MR) is 134 cm³/mol. The van der Waals surface area contributed by atoms with Gasteiger partial charge in [0.25, 0.3) is 0 Å². The topological polar surface area (TPSA) is 69.2 Å². The van der Waals surface area contributed by atoms with E-state index in [4.69, 9.17) is 6.57 Å². The molecule has 0 bridgehead atoms. The van der Waals surface area contributed by atoms with Gasteiger partial charge in [0.15, 0.2) is 11.4 Å². The first-order chi connectivity index (χ1) is 18.1. The fourth-order valence-corrected chi connectivity index (χ4v) is 4.63. The molecule has 1 saturated carbocycles. The predicted octanol–water partition coefficient (Wildman–Crippen LogP) is 4.91. The van der Waals surface area contributed by atoms with Gasteiger partial charge in [0.2, 0.25) is 0 Å². The van der Waals surface area contributed by atoms with Gasteiger partial charge in [0.05, 0.1) is 30.6 Å². The van der Waals surface area contributed by atoms with Crippen LogP contribution in [0.25, 0.3) is 27.7 Å². The van der Waals surface area contributed by atoms with Gasteiger partial charge in [-0.15, -0.1) is 0 Å². The number of carbonyl (C=O) groups is 1. The molecule has 194 valence electrons. The lowest BCUT2D eigenvalue weighted by molar-refractivity contribution is -0.659. The zero-order valence-corrected chi connectivity index (χ0v) is 20.7. The Balaban J connectivity index is 1.75. The van der Waals surface area contributed by atoms with Gasteiger partial charge in [-0.1, -0.05) is 18.2 Å². The number of rotatable bonds is 4.